The fourth-order valence-corrected chi connectivity index (χ4v) is 2.97. The number of piperidine rings is 1. The van der Waals surface area contributed by atoms with Crippen molar-refractivity contribution in [3.05, 3.63) is 12.7 Å². The lowest BCUT2D eigenvalue weighted by atomic mass is 9.95. The number of amides is 1. The van der Waals surface area contributed by atoms with Gasteiger partial charge in [0.15, 0.2) is 11.5 Å². The zero-order valence-electron chi connectivity index (χ0n) is 13.7. The Bertz CT molecular complexity index is 659. The zero-order valence-corrected chi connectivity index (χ0v) is 13.7. The van der Waals surface area contributed by atoms with Crippen LogP contribution in [-0.4, -0.2) is 45.5 Å². The number of fused-ring (bicyclic) bond motifs is 1. The quantitative estimate of drug-likeness (QED) is 0.877. The van der Waals surface area contributed by atoms with Gasteiger partial charge in [-0.3, -0.25) is 4.79 Å². The molecular weight excluding hydrogens is 292 g/mol. The number of hydrogen-bond acceptors (Lipinski definition) is 5. The van der Waals surface area contributed by atoms with E-state index in [9.17, 15) is 4.79 Å². The molecule has 0 saturated carbocycles. The van der Waals surface area contributed by atoms with Gasteiger partial charge in [0.2, 0.25) is 5.91 Å². The molecule has 2 N–H and O–H groups in total. The SMILES string of the molecule is CC(C)CCNC(=O)C1CCN(c2ncnc3nc[nH]c23)CC1. The molecule has 0 aromatic carbocycles. The van der Waals surface area contributed by atoms with Gasteiger partial charge in [-0.25, -0.2) is 15.0 Å². The average molecular weight is 316 g/mol. The van der Waals surface area contributed by atoms with Crippen LogP contribution in [-0.2, 0) is 4.79 Å². The maximum Gasteiger partial charge on any atom is 0.223 e. The Morgan fingerprint density at radius 2 is 2.13 bits per heavy atom. The summed E-state index contributed by atoms with van der Waals surface area (Å²) in [5.74, 6) is 1.80. The predicted molar refractivity (Wildman–Crippen MR) is 89.1 cm³/mol. The maximum absolute atomic E-state index is 12.2. The summed E-state index contributed by atoms with van der Waals surface area (Å²) in [6.07, 6.45) is 5.92. The van der Waals surface area contributed by atoms with Gasteiger partial charge in [-0.15, -0.1) is 0 Å². The van der Waals surface area contributed by atoms with Crippen LogP contribution in [0.4, 0.5) is 5.82 Å². The number of imidazole rings is 1. The number of aromatic amines is 1. The first kappa shape index (κ1) is 15.7. The van der Waals surface area contributed by atoms with E-state index in [1.807, 2.05) is 0 Å². The van der Waals surface area contributed by atoms with E-state index in [1.54, 1.807) is 12.7 Å². The Hall–Kier alpha value is -2.18. The third kappa shape index (κ3) is 3.60. The lowest BCUT2D eigenvalue weighted by Crippen LogP contribution is -2.41. The highest BCUT2D eigenvalue weighted by molar-refractivity contribution is 5.83. The van der Waals surface area contributed by atoms with Gasteiger partial charge in [0.25, 0.3) is 0 Å². The molecule has 124 valence electrons. The summed E-state index contributed by atoms with van der Waals surface area (Å²) < 4.78 is 0. The van der Waals surface area contributed by atoms with Crippen molar-refractivity contribution in [1.29, 1.82) is 0 Å². The van der Waals surface area contributed by atoms with Gasteiger partial charge in [0, 0.05) is 25.6 Å². The lowest BCUT2D eigenvalue weighted by Gasteiger charge is -2.32. The first-order valence-corrected chi connectivity index (χ1v) is 8.32. The molecule has 1 saturated heterocycles. The van der Waals surface area contributed by atoms with Crippen molar-refractivity contribution in [2.45, 2.75) is 33.1 Å². The molecule has 23 heavy (non-hydrogen) atoms. The zero-order chi connectivity index (χ0) is 16.2. The number of aromatic nitrogens is 4. The number of carbonyl (C=O) groups is 1. The number of rotatable bonds is 5. The van der Waals surface area contributed by atoms with Crippen molar-refractivity contribution in [2.75, 3.05) is 24.5 Å². The topological polar surface area (TPSA) is 86.8 Å². The fraction of sp³-hybridized carbons (Fsp3) is 0.625. The molecule has 3 rings (SSSR count). The second kappa shape index (κ2) is 6.93. The lowest BCUT2D eigenvalue weighted by molar-refractivity contribution is -0.125. The Balaban J connectivity index is 1.56. The van der Waals surface area contributed by atoms with Crippen molar-refractivity contribution in [3.63, 3.8) is 0 Å². The molecular formula is C16H24N6O. The minimum atomic E-state index is 0.109. The van der Waals surface area contributed by atoms with E-state index in [2.05, 4.69) is 44.0 Å². The van der Waals surface area contributed by atoms with Crippen LogP contribution in [0.2, 0.25) is 0 Å². The van der Waals surface area contributed by atoms with Crippen LogP contribution in [0, 0.1) is 11.8 Å². The molecule has 0 bridgehead atoms. The van der Waals surface area contributed by atoms with Gasteiger partial charge in [0.05, 0.1) is 6.33 Å². The summed E-state index contributed by atoms with van der Waals surface area (Å²) in [7, 11) is 0. The van der Waals surface area contributed by atoms with Gasteiger partial charge in [-0.1, -0.05) is 13.8 Å². The van der Waals surface area contributed by atoms with E-state index in [0.29, 0.717) is 11.6 Å². The van der Waals surface area contributed by atoms with E-state index in [4.69, 9.17) is 0 Å². The van der Waals surface area contributed by atoms with Gasteiger partial charge < -0.3 is 15.2 Å². The minimum absolute atomic E-state index is 0.109. The van der Waals surface area contributed by atoms with Crippen LogP contribution in [0.25, 0.3) is 11.2 Å². The van der Waals surface area contributed by atoms with Crippen LogP contribution < -0.4 is 10.2 Å². The number of nitrogens with zero attached hydrogens (tertiary/aromatic N) is 4. The van der Waals surface area contributed by atoms with Gasteiger partial charge in [-0.2, -0.15) is 0 Å². The van der Waals surface area contributed by atoms with Crippen molar-refractivity contribution >= 4 is 22.9 Å². The number of anilines is 1. The minimum Gasteiger partial charge on any atom is -0.356 e. The molecule has 0 unspecified atom stereocenters. The number of nitrogens with one attached hydrogen (secondary N) is 2. The number of H-pyrrole nitrogens is 1. The highest BCUT2D eigenvalue weighted by atomic mass is 16.1. The highest BCUT2D eigenvalue weighted by Gasteiger charge is 2.26. The molecule has 1 aliphatic rings. The van der Waals surface area contributed by atoms with Gasteiger partial charge in [0.1, 0.15) is 11.8 Å². The second-order valence-corrected chi connectivity index (χ2v) is 6.53. The Labute approximate surface area is 135 Å². The number of hydrogen-bond donors (Lipinski definition) is 2. The van der Waals surface area contributed by atoms with E-state index in [0.717, 1.165) is 50.2 Å². The monoisotopic (exact) mass is 316 g/mol. The molecule has 0 aliphatic carbocycles. The Morgan fingerprint density at radius 3 is 2.87 bits per heavy atom. The van der Waals surface area contributed by atoms with Crippen molar-refractivity contribution < 1.29 is 4.79 Å². The predicted octanol–water partition coefficient (Wildman–Crippen LogP) is 1.73. The van der Waals surface area contributed by atoms with E-state index >= 15 is 0 Å². The average Bonchev–Trinajstić information content (AvgIpc) is 3.03. The summed E-state index contributed by atoms with van der Waals surface area (Å²) in [6, 6.07) is 0. The van der Waals surface area contributed by atoms with Crippen LogP contribution >= 0.6 is 0 Å². The normalized spacial score (nSPS) is 16.2. The van der Waals surface area contributed by atoms with E-state index < -0.39 is 0 Å². The van der Waals surface area contributed by atoms with Crippen molar-refractivity contribution in [3.8, 4) is 0 Å². The standard InChI is InChI=1S/C16H24N6O/c1-11(2)3-6-17-16(23)12-4-7-22(8-5-12)15-13-14(19-9-18-13)20-10-21-15/h9-12H,3-8H2,1-2H3,(H,17,23)(H,18,19,20,21). The molecule has 7 nitrogen and oxygen atoms in total. The smallest absolute Gasteiger partial charge is 0.223 e. The van der Waals surface area contributed by atoms with E-state index in [-0.39, 0.29) is 11.8 Å². The van der Waals surface area contributed by atoms with Crippen LogP contribution in [0.5, 0.6) is 0 Å². The van der Waals surface area contributed by atoms with Crippen molar-refractivity contribution in [2.24, 2.45) is 11.8 Å². The van der Waals surface area contributed by atoms with Gasteiger partial charge >= 0.3 is 0 Å². The molecule has 1 aliphatic heterocycles. The number of carbonyl (C=O) groups excluding carboxylic acids is 1. The molecule has 3 heterocycles. The highest BCUT2D eigenvalue weighted by Crippen LogP contribution is 2.25. The molecule has 2 aromatic rings. The largest absolute Gasteiger partial charge is 0.356 e. The molecule has 7 heteroatoms. The summed E-state index contributed by atoms with van der Waals surface area (Å²) >= 11 is 0. The molecule has 0 atom stereocenters. The van der Waals surface area contributed by atoms with E-state index in [1.165, 1.54) is 0 Å². The third-order valence-electron chi connectivity index (χ3n) is 4.39. The molecule has 0 spiro atoms. The maximum atomic E-state index is 12.2. The summed E-state index contributed by atoms with van der Waals surface area (Å²) in [5, 5.41) is 3.06. The Kier molecular flexibility index (Phi) is 4.73. The molecule has 2 aromatic heterocycles. The molecule has 1 fully saturated rings. The Morgan fingerprint density at radius 1 is 1.35 bits per heavy atom. The van der Waals surface area contributed by atoms with Crippen LogP contribution in [0.3, 0.4) is 0 Å². The summed E-state index contributed by atoms with van der Waals surface area (Å²) in [4.78, 5) is 30.2. The molecule has 1 amide bonds. The van der Waals surface area contributed by atoms with Gasteiger partial charge in [-0.05, 0) is 25.2 Å². The third-order valence-corrected chi connectivity index (χ3v) is 4.39. The first-order chi connectivity index (χ1) is 11.1. The summed E-state index contributed by atoms with van der Waals surface area (Å²) in [5.41, 5.74) is 1.55. The first-order valence-electron chi connectivity index (χ1n) is 8.32. The van der Waals surface area contributed by atoms with Crippen LogP contribution in [0.15, 0.2) is 12.7 Å². The van der Waals surface area contributed by atoms with Crippen molar-refractivity contribution in [1.82, 2.24) is 25.3 Å². The fourth-order valence-electron chi connectivity index (χ4n) is 2.97. The second-order valence-electron chi connectivity index (χ2n) is 6.53. The summed E-state index contributed by atoms with van der Waals surface area (Å²) in [6.45, 7) is 6.77. The van der Waals surface area contributed by atoms with Crippen LogP contribution in [0.1, 0.15) is 33.1 Å². The molecule has 0 radical (unpaired) electrons.